The van der Waals surface area contributed by atoms with E-state index in [1.54, 1.807) is 44.6 Å². The first kappa shape index (κ1) is 16.6. The maximum Gasteiger partial charge on any atom is 0.341 e. The third kappa shape index (κ3) is 4.14. The molecule has 0 unspecified atom stereocenters. The number of hydrogen-bond donors (Lipinski definition) is 2. The van der Waals surface area contributed by atoms with E-state index in [-0.39, 0.29) is 12.6 Å². The van der Waals surface area contributed by atoms with E-state index in [1.165, 1.54) is 0 Å². The van der Waals surface area contributed by atoms with Gasteiger partial charge in [-0.2, -0.15) is 0 Å². The van der Waals surface area contributed by atoms with Gasteiger partial charge in [-0.15, -0.1) is 0 Å². The lowest BCUT2D eigenvalue weighted by Gasteiger charge is -2.17. The van der Waals surface area contributed by atoms with E-state index < -0.39 is 5.97 Å². The van der Waals surface area contributed by atoms with Crippen LogP contribution in [-0.2, 0) is 4.79 Å². The van der Waals surface area contributed by atoms with Crippen LogP contribution >= 0.6 is 0 Å². The number of ether oxygens (including phenoxy) is 3. The van der Waals surface area contributed by atoms with Crippen LogP contribution < -0.4 is 19.9 Å². The first-order chi connectivity index (χ1) is 11.0. The average molecular weight is 317 g/mol. The number of rotatable bonds is 7. The highest BCUT2D eigenvalue weighted by atomic mass is 16.5. The SMILES string of the molecule is COc1ccc([C@H](N)c2ccc(OCC(=O)O)cc2)c(OC)c1. The van der Waals surface area contributed by atoms with E-state index in [1.807, 2.05) is 12.1 Å². The largest absolute Gasteiger partial charge is 0.497 e. The normalized spacial score (nSPS) is 11.6. The third-order valence-electron chi connectivity index (χ3n) is 3.38. The van der Waals surface area contributed by atoms with Gasteiger partial charge < -0.3 is 25.1 Å². The van der Waals surface area contributed by atoms with E-state index >= 15 is 0 Å². The Morgan fingerprint density at radius 2 is 1.74 bits per heavy atom. The van der Waals surface area contributed by atoms with Gasteiger partial charge in [0.05, 0.1) is 20.3 Å². The fourth-order valence-corrected chi connectivity index (χ4v) is 2.17. The maximum atomic E-state index is 10.5. The molecule has 2 rings (SSSR count). The van der Waals surface area contributed by atoms with Crippen molar-refractivity contribution in [3.8, 4) is 17.2 Å². The van der Waals surface area contributed by atoms with E-state index in [0.717, 1.165) is 11.1 Å². The van der Waals surface area contributed by atoms with E-state index in [4.69, 9.17) is 25.1 Å². The van der Waals surface area contributed by atoms with Gasteiger partial charge in [0.25, 0.3) is 0 Å². The Labute approximate surface area is 134 Å². The third-order valence-corrected chi connectivity index (χ3v) is 3.38. The molecule has 0 aliphatic rings. The van der Waals surface area contributed by atoms with Crippen LogP contribution in [0.1, 0.15) is 17.2 Å². The van der Waals surface area contributed by atoms with Gasteiger partial charge in [-0.1, -0.05) is 12.1 Å². The van der Waals surface area contributed by atoms with Crippen LogP contribution in [0.15, 0.2) is 42.5 Å². The summed E-state index contributed by atoms with van der Waals surface area (Å²) in [6.07, 6.45) is 0. The zero-order valence-electron chi connectivity index (χ0n) is 13.0. The maximum absolute atomic E-state index is 10.5. The van der Waals surface area contributed by atoms with Crippen molar-refractivity contribution >= 4 is 5.97 Å². The predicted octanol–water partition coefficient (Wildman–Crippen LogP) is 2.22. The number of carbonyl (C=O) groups is 1. The first-order valence-electron chi connectivity index (χ1n) is 6.97. The van der Waals surface area contributed by atoms with E-state index in [2.05, 4.69) is 0 Å². The summed E-state index contributed by atoms with van der Waals surface area (Å²) >= 11 is 0. The summed E-state index contributed by atoms with van der Waals surface area (Å²) < 4.78 is 15.6. The molecule has 2 aromatic carbocycles. The van der Waals surface area contributed by atoms with Crippen molar-refractivity contribution in [3.05, 3.63) is 53.6 Å². The molecular weight excluding hydrogens is 298 g/mol. The zero-order chi connectivity index (χ0) is 16.8. The number of aliphatic carboxylic acids is 1. The highest BCUT2D eigenvalue weighted by Crippen LogP contribution is 2.32. The minimum atomic E-state index is -1.02. The molecule has 0 aliphatic heterocycles. The van der Waals surface area contributed by atoms with E-state index in [0.29, 0.717) is 17.2 Å². The van der Waals surface area contributed by atoms with Crippen LogP contribution in [-0.4, -0.2) is 31.9 Å². The molecule has 3 N–H and O–H groups in total. The molecule has 0 saturated carbocycles. The molecule has 0 aliphatic carbocycles. The molecule has 0 bridgehead atoms. The fourth-order valence-electron chi connectivity index (χ4n) is 2.17. The van der Waals surface area contributed by atoms with Gasteiger partial charge in [-0.25, -0.2) is 4.79 Å². The highest BCUT2D eigenvalue weighted by molar-refractivity contribution is 5.68. The molecule has 6 heteroatoms. The fraction of sp³-hybridized carbons (Fsp3) is 0.235. The Bertz CT molecular complexity index is 669. The Hall–Kier alpha value is -2.73. The second kappa shape index (κ2) is 7.51. The molecule has 1 atom stereocenters. The molecule has 2 aromatic rings. The first-order valence-corrected chi connectivity index (χ1v) is 6.97. The summed E-state index contributed by atoms with van der Waals surface area (Å²) in [5, 5.41) is 8.60. The summed E-state index contributed by atoms with van der Waals surface area (Å²) in [5.41, 5.74) is 7.98. The number of hydrogen-bond acceptors (Lipinski definition) is 5. The Morgan fingerprint density at radius 3 is 2.30 bits per heavy atom. The number of methoxy groups -OCH3 is 2. The summed E-state index contributed by atoms with van der Waals surface area (Å²) in [7, 11) is 3.16. The molecule has 23 heavy (non-hydrogen) atoms. The molecule has 0 radical (unpaired) electrons. The number of nitrogens with two attached hydrogens (primary N) is 1. The van der Waals surface area contributed by atoms with Gasteiger partial charge in [0, 0.05) is 11.6 Å². The smallest absolute Gasteiger partial charge is 0.341 e. The summed E-state index contributed by atoms with van der Waals surface area (Å²) in [5.74, 6) is 0.789. The van der Waals surface area contributed by atoms with Gasteiger partial charge in [-0.3, -0.25) is 0 Å². The van der Waals surface area contributed by atoms with Gasteiger partial charge in [0.15, 0.2) is 6.61 Å². The molecule has 0 amide bonds. The Kier molecular flexibility index (Phi) is 5.43. The van der Waals surface area contributed by atoms with Crippen LogP contribution in [0.4, 0.5) is 0 Å². The molecule has 0 fully saturated rings. The molecule has 0 aromatic heterocycles. The molecule has 6 nitrogen and oxygen atoms in total. The van der Waals surface area contributed by atoms with Crippen LogP contribution in [0, 0.1) is 0 Å². The van der Waals surface area contributed by atoms with Crippen molar-refractivity contribution < 1.29 is 24.1 Å². The van der Waals surface area contributed by atoms with Crippen LogP contribution in [0.25, 0.3) is 0 Å². The Balaban J connectivity index is 2.19. The van der Waals surface area contributed by atoms with Crippen LogP contribution in [0.2, 0.25) is 0 Å². The second-order valence-electron chi connectivity index (χ2n) is 4.84. The molecule has 0 heterocycles. The standard InChI is InChI=1S/C17H19NO5/c1-21-13-7-8-14(15(9-13)22-2)17(18)11-3-5-12(6-4-11)23-10-16(19)20/h3-9,17H,10,18H2,1-2H3,(H,19,20)/t17-/m1/s1. The number of benzene rings is 2. The topological polar surface area (TPSA) is 91.0 Å². The molecule has 122 valence electrons. The van der Waals surface area contributed by atoms with Crippen molar-refractivity contribution in [1.29, 1.82) is 0 Å². The predicted molar refractivity (Wildman–Crippen MR) is 85.1 cm³/mol. The zero-order valence-corrected chi connectivity index (χ0v) is 13.0. The lowest BCUT2D eigenvalue weighted by Crippen LogP contribution is -2.13. The van der Waals surface area contributed by atoms with Crippen molar-refractivity contribution in [2.24, 2.45) is 5.73 Å². The van der Waals surface area contributed by atoms with Gasteiger partial charge in [0.2, 0.25) is 0 Å². The van der Waals surface area contributed by atoms with Gasteiger partial charge in [-0.05, 0) is 29.8 Å². The van der Waals surface area contributed by atoms with Crippen molar-refractivity contribution in [1.82, 2.24) is 0 Å². The Morgan fingerprint density at radius 1 is 1.09 bits per heavy atom. The van der Waals surface area contributed by atoms with Gasteiger partial charge >= 0.3 is 5.97 Å². The summed E-state index contributed by atoms with van der Waals surface area (Å²) in [6, 6.07) is 12.0. The molecular formula is C17H19NO5. The van der Waals surface area contributed by atoms with Gasteiger partial charge in [0.1, 0.15) is 17.2 Å². The highest BCUT2D eigenvalue weighted by Gasteiger charge is 2.15. The molecule has 0 spiro atoms. The average Bonchev–Trinajstić information content (AvgIpc) is 2.59. The number of carboxylic acid groups (broad SMARTS) is 1. The quantitative estimate of drug-likeness (QED) is 0.813. The minimum Gasteiger partial charge on any atom is -0.497 e. The van der Waals surface area contributed by atoms with Crippen molar-refractivity contribution in [2.45, 2.75) is 6.04 Å². The summed E-state index contributed by atoms with van der Waals surface area (Å²) in [4.78, 5) is 10.5. The lowest BCUT2D eigenvalue weighted by atomic mass is 9.98. The molecule has 0 saturated heterocycles. The lowest BCUT2D eigenvalue weighted by molar-refractivity contribution is -0.139. The van der Waals surface area contributed by atoms with Crippen molar-refractivity contribution in [2.75, 3.05) is 20.8 Å². The minimum absolute atomic E-state index is 0.377. The second-order valence-corrected chi connectivity index (χ2v) is 4.84. The van der Waals surface area contributed by atoms with Crippen LogP contribution in [0.3, 0.4) is 0 Å². The van der Waals surface area contributed by atoms with E-state index in [9.17, 15) is 4.79 Å². The van der Waals surface area contributed by atoms with Crippen molar-refractivity contribution in [3.63, 3.8) is 0 Å². The monoisotopic (exact) mass is 317 g/mol. The van der Waals surface area contributed by atoms with Crippen LogP contribution in [0.5, 0.6) is 17.2 Å². The summed E-state index contributed by atoms with van der Waals surface area (Å²) in [6.45, 7) is -0.377. The number of carboxylic acids is 1.